The lowest BCUT2D eigenvalue weighted by molar-refractivity contribution is 0.234. The molecule has 5 nitrogen and oxygen atoms in total. The Balaban J connectivity index is 1.57. The molecule has 3 rings (SSSR count). The van der Waals surface area contributed by atoms with Crippen molar-refractivity contribution in [3.05, 3.63) is 42.0 Å². The molecule has 0 spiro atoms. The van der Waals surface area contributed by atoms with Gasteiger partial charge in [-0.05, 0) is 73.3 Å². The topological polar surface area (TPSA) is 62.4 Å². The number of amides is 2. The van der Waals surface area contributed by atoms with E-state index in [1.807, 2.05) is 25.1 Å². The molecule has 1 saturated heterocycles. The third-order valence-corrected chi connectivity index (χ3v) is 4.93. The lowest BCUT2D eigenvalue weighted by Crippen LogP contribution is -2.41. The van der Waals surface area contributed by atoms with Gasteiger partial charge in [0.15, 0.2) is 0 Å². The molecule has 2 amide bonds. The highest BCUT2D eigenvalue weighted by molar-refractivity contribution is 5.85. The van der Waals surface area contributed by atoms with Crippen LogP contribution in [0.3, 0.4) is 0 Å². The third kappa shape index (κ3) is 4.63. The van der Waals surface area contributed by atoms with Gasteiger partial charge in [-0.1, -0.05) is 18.2 Å². The summed E-state index contributed by atoms with van der Waals surface area (Å²) >= 11 is 0. The predicted octanol–water partition coefficient (Wildman–Crippen LogP) is 3.21. The van der Waals surface area contributed by atoms with Gasteiger partial charge in [0.05, 0.1) is 13.2 Å². The van der Waals surface area contributed by atoms with Crippen molar-refractivity contribution in [3.8, 4) is 5.75 Å². The Kier molecular flexibility index (Phi) is 5.76. The first-order valence-corrected chi connectivity index (χ1v) is 8.98. The summed E-state index contributed by atoms with van der Waals surface area (Å²) in [6.07, 6.45) is 2.26. The number of piperidine rings is 1. The predicted molar refractivity (Wildman–Crippen MR) is 101 cm³/mol. The quantitative estimate of drug-likeness (QED) is 0.782. The van der Waals surface area contributed by atoms with Crippen molar-refractivity contribution in [1.29, 1.82) is 0 Å². The van der Waals surface area contributed by atoms with Gasteiger partial charge in [-0.15, -0.1) is 0 Å². The summed E-state index contributed by atoms with van der Waals surface area (Å²) in [6.45, 7) is 4.85. The van der Waals surface area contributed by atoms with Gasteiger partial charge in [0.25, 0.3) is 0 Å². The minimum atomic E-state index is -0.0964. The number of nitrogens with one attached hydrogen (secondary N) is 3. The minimum absolute atomic E-state index is 0.0421. The molecular weight excluding hydrogens is 314 g/mol. The fourth-order valence-corrected chi connectivity index (χ4v) is 3.29. The number of urea groups is 1. The van der Waals surface area contributed by atoms with E-state index in [-0.39, 0.29) is 12.1 Å². The first kappa shape index (κ1) is 17.5. The number of benzene rings is 2. The maximum atomic E-state index is 12.2. The van der Waals surface area contributed by atoms with Crippen molar-refractivity contribution >= 4 is 16.8 Å². The summed E-state index contributed by atoms with van der Waals surface area (Å²) in [6, 6.07) is 12.1. The van der Waals surface area contributed by atoms with Crippen LogP contribution in [0.4, 0.5) is 4.79 Å². The standard InChI is InChI=1S/C20H27N3O2/c1-14(23-20(24)22-13-15-7-9-21-10-8-15)16-3-4-18-12-19(25-2)6-5-17(18)11-16/h3-6,11-12,14-15,21H,7-10,13H2,1-2H3,(H2,22,23,24)/t14-/m1/s1. The molecular formula is C20H27N3O2. The monoisotopic (exact) mass is 341 g/mol. The molecule has 0 unspecified atom stereocenters. The van der Waals surface area contributed by atoms with E-state index < -0.39 is 0 Å². The Morgan fingerprint density at radius 3 is 2.68 bits per heavy atom. The Morgan fingerprint density at radius 2 is 1.92 bits per heavy atom. The van der Waals surface area contributed by atoms with Crippen LogP contribution in [0.1, 0.15) is 31.4 Å². The van der Waals surface area contributed by atoms with Gasteiger partial charge in [0.1, 0.15) is 5.75 Å². The Morgan fingerprint density at radius 1 is 1.20 bits per heavy atom. The third-order valence-electron chi connectivity index (χ3n) is 4.93. The maximum Gasteiger partial charge on any atom is 0.315 e. The molecule has 1 aliphatic heterocycles. The van der Waals surface area contributed by atoms with E-state index in [9.17, 15) is 4.79 Å². The van der Waals surface area contributed by atoms with Crippen molar-refractivity contribution < 1.29 is 9.53 Å². The second kappa shape index (κ2) is 8.21. The highest BCUT2D eigenvalue weighted by Gasteiger charge is 2.15. The number of carbonyl (C=O) groups excluding carboxylic acids is 1. The molecule has 2 aromatic rings. The van der Waals surface area contributed by atoms with Gasteiger partial charge in [0, 0.05) is 6.54 Å². The molecule has 0 aliphatic carbocycles. The molecule has 1 aliphatic rings. The first-order chi connectivity index (χ1) is 12.2. The zero-order valence-electron chi connectivity index (χ0n) is 15.0. The summed E-state index contributed by atoms with van der Waals surface area (Å²) in [5.41, 5.74) is 1.09. The number of carbonyl (C=O) groups is 1. The summed E-state index contributed by atoms with van der Waals surface area (Å²) in [7, 11) is 1.67. The van der Waals surface area contributed by atoms with Crippen molar-refractivity contribution in [2.75, 3.05) is 26.7 Å². The van der Waals surface area contributed by atoms with Crippen LogP contribution in [0, 0.1) is 5.92 Å². The van der Waals surface area contributed by atoms with E-state index in [2.05, 4.69) is 34.1 Å². The largest absolute Gasteiger partial charge is 0.497 e. The Labute approximate surface area is 149 Å². The molecule has 5 heteroatoms. The molecule has 134 valence electrons. The SMILES string of the molecule is COc1ccc2cc([C@@H](C)NC(=O)NCC3CCNCC3)ccc2c1. The zero-order valence-corrected chi connectivity index (χ0v) is 15.0. The van der Waals surface area contributed by atoms with E-state index in [1.54, 1.807) is 7.11 Å². The fraction of sp³-hybridized carbons (Fsp3) is 0.450. The van der Waals surface area contributed by atoms with Crippen LogP contribution in [-0.2, 0) is 0 Å². The molecule has 0 aromatic heterocycles. The molecule has 1 heterocycles. The maximum absolute atomic E-state index is 12.2. The smallest absolute Gasteiger partial charge is 0.315 e. The normalized spacial score (nSPS) is 16.4. The molecule has 1 fully saturated rings. The fourth-order valence-electron chi connectivity index (χ4n) is 3.29. The summed E-state index contributed by atoms with van der Waals surface area (Å²) in [4.78, 5) is 12.2. The van der Waals surface area contributed by atoms with Crippen LogP contribution in [0.25, 0.3) is 10.8 Å². The van der Waals surface area contributed by atoms with Gasteiger partial charge in [-0.2, -0.15) is 0 Å². The first-order valence-electron chi connectivity index (χ1n) is 8.98. The summed E-state index contributed by atoms with van der Waals surface area (Å²) in [5.74, 6) is 1.43. The highest BCUT2D eigenvalue weighted by atomic mass is 16.5. The molecule has 2 aromatic carbocycles. The number of rotatable bonds is 5. The number of ether oxygens (including phenoxy) is 1. The van der Waals surface area contributed by atoms with E-state index in [1.165, 1.54) is 0 Å². The molecule has 25 heavy (non-hydrogen) atoms. The van der Waals surface area contributed by atoms with E-state index in [0.29, 0.717) is 5.92 Å². The summed E-state index contributed by atoms with van der Waals surface area (Å²) < 4.78 is 5.26. The average Bonchev–Trinajstić information content (AvgIpc) is 2.66. The molecule has 0 saturated carbocycles. The summed E-state index contributed by atoms with van der Waals surface area (Å²) in [5, 5.41) is 11.7. The van der Waals surface area contributed by atoms with Crippen LogP contribution in [0.2, 0.25) is 0 Å². The van der Waals surface area contributed by atoms with Crippen LogP contribution in [-0.4, -0.2) is 32.8 Å². The zero-order chi connectivity index (χ0) is 17.6. The van der Waals surface area contributed by atoms with Crippen LogP contribution >= 0.6 is 0 Å². The van der Waals surface area contributed by atoms with Gasteiger partial charge < -0.3 is 20.7 Å². The van der Waals surface area contributed by atoms with Gasteiger partial charge in [-0.3, -0.25) is 0 Å². The number of hydrogen-bond donors (Lipinski definition) is 3. The van der Waals surface area contributed by atoms with E-state index in [4.69, 9.17) is 4.74 Å². The number of methoxy groups -OCH3 is 1. The van der Waals surface area contributed by atoms with Crippen molar-refractivity contribution in [3.63, 3.8) is 0 Å². The minimum Gasteiger partial charge on any atom is -0.497 e. The number of fused-ring (bicyclic) bond motifs is 1. The van der Waals surface area contributed by atoms with Crippen LogP contribution < -0.4 is 20.7 Å². The van der Waals surface area contributed by atoms with Crippen LogP contribution in [0.5, 0.6) is 5.75 Å². The lowest BCUT2D eigenvalue weighted by Gasteiger charge is -2.23. The molecule has 1 atom stereocenters. The molecule has 0 bridgehead atoms. The van der Waals surface area contributed by atoms with Crippen molar-refractivity contribution in [1.82, 2.24) is 16.0 Å². The van der Waals surface area contributed by atoms with Crippen molar-refractivity contribution in [2.45, 2.75) is 25.8 Å². The second-order valence-corrected chi connectivity index (χ2v) is 6.74. The second-order valence-electron chi connectivity index (χ2n) is 6.74. The highest BCUT2D eigenvalue weighted by Crippen LogP contribution is 2.24. The molecule has 0 radical (unpaired) electrons. The van der Waals surface area contributed by atoms with Gasteiger partial charge in [0.2, 0.25) is 0 Å². The van der Waals surface area contributed by atoms with E-state index >= 15 is 0 Å². The van der Waals surface area contributed by atoms with E-state index in [0.717, 1.165) is 54.6 Å². The Hall–Kier alpha value is -2.27. The lowest BCUT2D eigenvalue weighted by atomic mass is 9.98. The number of hydrogen-bond acceptors (Lipinski definition) is 3. The van der Waals surface area contributed by atoms with Gasteiger partial charge in [-0.25, -0.2) is 4.79 Å². The van der Waals surface area contributed by atoms with Crippen molar-refractivity contribution in [2.24, 2.45) is 5.92 Å². The Bertz CT molecular complexity index is 726. The molecule has 3 N–H and O–H groups in total. The van der Waals surface area contributed by atoms with Crippen LogP contribution in [0.15, 0.2) is 36.4 Å². The van der Waals surface area contributed by atoms with Gasteiger partial charge >= 0.3 is 6.03 Å². The average molecular weight is 341 g/mol.